The topological polar surface area (TPSA) is 67.1 Å². The van der Waals surface area contributed by atoms with Gasteiger partial charge in [0.1, 0.15) is 17.2 Å². The highest BCUT2D eigenvalue weighted by molar-refractivity contribution is 6.35. The van der Waals surface area contributed by atoms with Gasteiger partial charge in [0.05, 0.1) is 0 Å². The van der Waals surface area contributed by atoms with Crippen molar-refractivity contribution in [3.63, 3.8) is 0 Å². The fraction of sp³-hybridized carbons (Fsp3) is 0.636. The number of anilines is 2. The van der Waals surface area contributed by atoms with E-state index < -0.39 is 0 Å². The van der Waals surface area contributed by atoms with E-state index >= 15 is 0 Å². The van der Waals surface area contributed by atoms with Gasteiger partial charge in [-0.15, -0.1) is 0 Å². The molecule has 6 heteroatoms. The zero-order valence-electron chi connectivity index (χ0n) is 10.2. The van der Waals surface area contributed by atoms with Gasteiger partial charge >= 0.3 is 0 Å². The number of piperidine rings is 1. The van der Waals surface area contributed by atoms with Gasteiger partial charge in [-0.2, -0.15) is 0 Å². The van der Waals surface area contributed by atoms with Crippen LogP contribution >= 0.6 is 11.6 Å². The monoisotopic (exact) mass is 255 g/mol. The fourth-order valence-corrected chi connectivity index (χ4v) is 2.38. The molecule has 0 radical (unpaired) electrons. The minimum atomic E-state index is 0.324. The van der Waals surface area contributed by atoms with Crippen LogP contribution in [0.25, 0.3) is 0 Å². The summed E-state index contributed by atoms with van der Waals surface area (Å²) in [7, 11) is 2.14. The highest BCUT2D eigenvalue weighted by atomic mass is 35.5. The molecule has 2 rings (SSSR count). The number of rotatable bonds is 2. The smallest absolute Gasteiger partial charge is 0.150 e. The van der Waals surface area contributed by atoms with Crippen LogP contribution in [0.4, 0.5) is 11.6 Å². The van der Waals surface area contributed by atoms with Crippen molar-refractivity contribution in [2.24, 2.45) is 5.92 Å². The molecule has 5 nitrogen and oxygen atoms in total. The standard InChI is InChI=1S/C11H18ClN5/c1-7-5-17(2)4-3-8(7)16-11-9(12)10(13)14-6-15-11/h6-8H,3-5H2,1-2H3,(H3,13,14,15,16). The van der Waals surface area contributed by atoms with Crippen LogP contribution < -0.4 is 11.1 Å². The quantitative estimate of drug-likeness (QED) is 0.838. The second kappa shape index (κ2) is 5.06. The van der Waals surface area contributed by atoms with Crippen molar-refractivity contribution in [3.8, 4) is 0 Å². The first kappa shape index (κ1) is 12.4. The van der Waals surface area contributed by atoms with Gasteiger partial charge in [-0.1, -0.05) is 18.5 Å². The van der Waals surface area contributed by atoms with Gasteiger partial charge in [-0.25, -0.2) is 9.97 Å². The molecule has 3 N–H and O–H groups in total. The molecule has 17 heavy (non-hydrogen) atoms. The van der Waals surface area contributed by atoms with Crippen molar-refractivity contribution >= 4 is 23.2 Å². The largest absolute Gasteiger partial charge is 0.382 e. The lowest BCUT2D eigenvalue weighted by molar-refractivity contribution is 0.206. The van der Waals surface area contributed by atoms with Crippen molar-refractivity contribution < 1.29 is 0 Å². The zero-order valence-corrected chi connectivity index (χ0v) is 10.9. The molecule has 1 aromatic rings. The summed E-state index contributed by atoms with van der Waals surface area (Å²) in [5.41, 5.74) is 5.65. The predicted octanol–water partition coefficient (Wildman–Crippen LogP) is 1.46. The van der Waals surface area contributed by atoms with Crippen LogP contribution in [0.2, 0.25) is 5.02 Å². The molecule has 0 aromatic carbocycles. The van der Waals surface area contributed by atoms with E-state index in [0.717, 1.165) is 19.5 Å². The molecule has 1 saturated heterocycles. The Kier molecular flexibility index (Phi) is 3.69. The second-order valence-corrected chi connectivity index (χ2v) is 5.08. The van der Waals surface area contributed by atoms with E-state index in [1.165, 1.54) is 6.33 Å². The molecule has 2 heterocycles. The zero-order chi connectivity index (χ0) is 12.4. The Morgan fingerprint density at radius 3 is 3.00 bits per heavy atom. The van der Waals surface area contributed by atoms with Gasteiger partial charge in [0.15, 0.2) is 5.82 Å². The van der Waals surface area contributed by atoms with E-state index in [2.05, 4.69) is 34.2 Å². The molecule has 0 bridgehead atoms. The van der Waals surface area contributed by atoms with Crippen molar-refractivity contribution in [2.75, 3.05) is 31.2 Å². The number of nitrogens with zero attached hydrogens (tertiary/aromatic N) is 3. The van der Waals surface area contributed by atoms with E-state index in [9.17, 15) is 0 Å². The van der Waals surface area contributed by atoms with Crippen molar-refractivity contribution in [3.05, 3.63) is 11.3 Å². The number of halogens is 1. The lowest BCUT2D eigenvalue weighted by Crippen LogP contribution is -2.43. The molecular weight excluding hydrogens is 238 g/mol. The van der Waals surface area contributed by atoms with Crippen LogP contribution in [0, 0.1) is 5.92 Å². The number of likely N-dealkylation sites (tertiary alicyclic amines) is 1. The Morgan fingerprint density at radius 1 is 1.53 bits per heavy atom. The molecule has 0 aliphatic carbocycles. The SMILES string of the molecule is CC1CN(C)CCC1Nc1ncnc(N)c1Cl. The molecule has 0 spiro atoms. The second-order valence-electron chi connectivity index (χ2n) is 4.70. The maximum Gasteiger partial charge on any atom is 0.150 e. The van der Waals surface area contributed by atoms with Gasteiger partial charge < -0.3 is 16.0 Å². The van der Waals surface area contributed by atoms with Crippen molar-refractivity contribution in [1.29, 1.82) is 0 Å². The molecule has 1 aliphatic heterocycles. The van der Waals surface area contributed by atoms with Crippen LogP contribution in [-0.4, -0.2) is 41.0 Å². The van der Waals surface area contributed by atoms with E-state index in [-0.39, 0.29) is 0 Å². The van der Waals surface area contributed by atoms with Crippen LogP contribution in [-0.2, 0) is 0 Å². The number of hydrogen-bond donors (Lipinski definition) is 2. The van der Waals surface area contributed by atoms with Gasteiger partial charge in [-0.05, 0) is 25.9 Å². The van der Waals surface area contributed by atoms with Crippen molar-refractivity contribution in [2.45, 2.75) is 19.4 Å². The summed E-state index contributed by atoms with van der Waals surface area (Å²) in [5, 5.41) is 3.79. The molecule has 0 saturated carbocycles. The van der Waals surface area contributed by atoms with E-state index in [0.29, 0.717) is 28.6 Å². The maximum absolute atomic E-state index is 6.07. The minimum absolute atomic E-state index is 0.324. The third kappa shape index (κ3) is 2.79. The Hall–Kier alpha value is -1.07. The van der Waals surface area contributed by atoms with E-state index in [1.54, 1.807) is 0 Å². The first-order valence-corrected chi connectivity index (χ1v) is 6.16. The lowest BCUT2D eigenvalue weighted by atomic mass is 9.94. The lowest BCUT2D eigenvalue weighted by Gasteiger charge is -2.35. The number of nitrogens with two attached hydrogens (primary N) is 1. The van der Waals surface area contributed by atoms with E-state index in [1.807, 2.05) is 0 Å². The minimum Gasteiger partial charge on any atom is -0.382 e. The van der Waals surface area contributed by atoms with Crippen molar-refractivity contribution in [1.82, 2.24) is 14.9 Å². The molecule has 2 atom stereocenters. The average Bonchev–Trinajstić information content (AvgIpc) is 2.28. The maximum atomic E-state index is 6.07. The van der Waals surface area contributed by atoms with Crippen LogP contribution in [0.3, 0.4) is 0 Å². The summed E-state index contributed by atoms with van der Waals surface area (Å²) < 4.78 is 0. The highest BCUT2D eigenvalue weighted by Crippen LogP contribution is 2.26. The molecule has 94 valence electrons. The summed E-state index contributed by atoms with van der Waals surface area (Å²) >= 11 is 6.07. The summed E-state index contributed by atoms with van der Waals surface area (Å²) in [4.78, 5) is 10.3. The summed E-state index contributed by atoms with van der Waals surface area (Å²) in [5.74, 6) is 1.52. The van der Waals surface area contributed by atoms with Crippen LogP contribution in [0.1, 0.15) is 13.3 Å². The van der Waals surface area contributed by atoms with E-state index in [4.69, 9.17) is 17.3 Å². The number of nitrogen functional groups attached to an aromatic ring is 1. The molecule has 1 aromatic heterocycles. The highest BCUT2D eigenvalue weighted by Gasteiger charge is 2.25. The summed E-state index contributed by atoms with van der Waals surface area (Å²) in [6.07, 6.45) is 2.51. The Morgan fingerprint density at radius 2 is 2.29 bits per heavy atom. The van der Waals surface area contributed by atoms with Crippen LogP contribution in [0.5, 0.6) is 0 Å². The number of nitrogens with one attached hydrogen (secondary N) is 1. The molecular formula is C11H18ClN5. The molecule has 2 unspecified atom stereocenters. The van der Waals surface area contributed by atoms with Crippen LogP contribution in [0.15, 0.2) is 6.33 Å². The number of hydrogen-bond acceptors (Lipinski definition) is 5. The van der Waals surface area contributed by atoms with Gasteiger partial charge in [0, 0.05) is 12.6 Å². The fourth-order valence-electron chi connectivity index (χ4n) is 2.23. The molecule has 0 amide bonds. The van der Waals surface area contributed by atoms with Gasteiger partial charge in [-0.3, -0.25) is 0 Å². The first-order valence-electron chi connectivity index (χ1n) is 5.79. The first-order chi connectivity index (χ1) is 8.08. The third-order valence-electron chi connectivity index (χ3n) is 3.25. The Bertz CT molecular complexity index is 397. The number of aromatic nitrogens is 2. The summed E-state index contributed by atoms with van der Waals surface area (Å²) in [6, 6.07) is 0.387. The average molecular weight is 256 g/mol. The molecule has 1 fully saturated rings. The Labute approximate surface area is 106 Å². The third-order valence-corrected chi connectivity index (χ3v) is 3.62. The Balaban J connectivity index is 2.08. The van der Waals surface area contributed by atoms with Gasteiger partial charge in [0.25, 0.3) is 0 Å². The summed E-state index contributed by atoms with van der Waals surface area (Å²) in [6.45, 7) is 4.39. The van der Waals surface area contributed by atoms with Gasteiger partial charge in [0.2, 0.25) is 0 Å². The normalized spacial score (nSPS) is 25.8. The predicted molar refractivity (Wildman–Crippen MR) is 70.1 cm³/mol. The molecule has 1 aliphatic rings.